The third-order valence-electron chi connectivity index (χ3n) is 7.42. The maximum Gasteiger partial charge on any atom is 0.258 e. The van der Waals surface area contributed by atoms with Gasteiger partial charge in [0.1, 0.15) is 0 Å². The fourth-order valence-corrected chi connectivity index (χ4v) is 5.99. The van der Waals surface area contributed by atoms with Crippen LogP contribution in [0.4, 0.5) is 0 Å². The maximum absolute atomic E-state index is 13.5. The van der Waals surface area contributed by atoms with Crippen molar-refractivity contribution in [3.8, 4) is 0 Å². The smallest absolute Gasteiger partial charge is 0.258 e. The molecule has 2 aliphatic heterocycles. The molecule has 32 heavy (non-hydrogen) atoms. The molecular weight excluding hydrogens is 402 g/mol. The summed E-state index contributed by atoms with van der Waals surface area (Å²) < 4.78 is 1.88. The Labute approximate surface area is 188 Å². The van der Waals surface area contributed by atoms with Gasteiger partial charge in [0.2, 0.25) is 5.91 Å². The first-order valence-electron chi connectivity index (χ1n) is 11.8. The van der Waals surface area contributed by atoms with Crippen LogP contribution >= 0.6 is 0 Å². The second-order valence-electron chi connectivity index (χ2n) is 9.15. The number of carbonyl (C=O) groups is 1. The normalized spacial score (nSPS) is 26.6. The van der Waals surface area contributed by atoms with Crippen LogP contribution < -0.4 is 10.9 Å². The van der Waals surface area contributed by atoms with Crippen molar-refractivity contribution in [2.45, 2.75) is 51.4 Å². The van der Waals surface area contributed by atoms with Crippen molar-refractivity contribution in [3.05, 3.63) is 75.7 Å². The molecule has 168 valence electrons. The van der Waals surface area contributed by atoms with E-state index in [1.54, 1.807) is 0 Å². The van der Waals surface area contributed by atoms with Crippen molar-refractivity contribution in [3.63, 3.8) is 0 Å². The van der Waals surface area contributed by atoms with E-state index >= 15 is 0 Å². The minimum absolute atomic E-state index is 0.0400. The van der Waals surface area contributed by atoms with Crippen LogP contribution in [0, 0.1) is 11.8 Å². The lowest BCUT2D eigenvalue weighted by Crippen LogP contribution is -2.46. The molecule has 6 nitrogen and oxygen atoms in total. The van der Waals surface area contributed by atoms with Gasteiger partial charge in [-0.25, -0.2) is 0 Å². The predicted molar refractivity (Wildman–Crippen MR) is 124 cm³/mol. The van der Waals surface area contributed by atoms with E-state index in [1.807, 2.05) is 41.8 Å². The summed E-state index contributed by atoms with van der Waals surface area (Å²) in [6.07, 6.45) is 5.25. The van der Waals surface area contributed by atoms with E-state index in [-0.39, 0.29) is 36.1 Å². The lowest BCUT2D eigenvalue weighted by atomic mass is 9.86. The van der Waals surface area contributed by atoms with E-state index in [9.17, 15) is 14.7 Å². The second kappa shape index (κ2) is 8.68. The monoisotopic (exact) mass is 433 g/mol. The standard InChI is InChI=1S/C26H31N3O3/c1-2-27-25(31)23-20(16-30)22-15-29-21(13-12-19(26(29)32)18-10-6-7-11-18)24(23)28(22)14-17-8-4-3-5-9-17/h3-5,8-10,12-13,20,22-24,30H,2,6-7,11,14-16H2,1H3,(H,27,31)/t20-,22-,23+,24+/m1/s1. The Balaban J connectivity index is 1.61. The number of aliphatic hydroxyl groups is 1. The largest absolute Gasteiger partial charge is 0.396 e. The number of fused-ring (bicyclic) bond motifs is 4. The van der Waals surface area contributed by atoms with E-state index in [0.29, 0.717) is 19.6 Å². The molecule has 0 spiro atoms. The van der Waals surface area contributed by atoms with Crippen molar-refractivity contribution in [2.24, 2.45) is 11.8 Å². The van der Waals surface area contributed by atoms with E-state index in [1.165, 1.54) is 5.56 Å². The van der Waals surface area contributed by atoms with Gasteiger partial charge in [-0.15, -0.1) is 0 Å². The molecule has 0 unspecified atom stereocenters. The zero-order valence-corrected chi connectivity index (χ0v) is 18.5. The van der Waals surface area contributed by atoms with Gasteiger partial charge in [0.15, 0.2) is 0 Å². The van der Waals surface area contributed by atoms with Gasteiger partial charge >= 0.3 is 0 Å². The highest BCUT2D eigenvalue weighted by Gasteiger charge is 2.55. The Hall–Kier alpha value is -2.70. The summed E-state index contributed by atoms with van der Waals surface area (Å²) in [6.45, 7) is 3.57. The highest BCUT2D eigenvalue weighted by Crippen LogP contribution is 2.49. The molecule has 3 aliphatic rings. The van der Waals surface area contributed by atoms with Gasteiger partial charge in [0.25, 0.3) is 5.56 Å². The molecule has 4 atom stereocenters. The van der Waals surface area contributed by atoms with Crippen molar-refractivity contribution < 1.29 is 9.90 Å². The first-order chi connectivity index (χ1) is 15.6. The van der Waals surface area contributed by atoms with Crippen molar-refractivity contribution in [1.82, 2.24) is 14.8 Å². The molecule has 1 saturated heterocycles. The van der Waals surface area contributed by atoms with E-state index in [0.717, 1.165) is 36.1 Å². The number of nitrogens with one attached hydrogen (secondary N) is 1. The number of allylic oxidation sites excluding steroid dienone is 2. The second-order valence-corrected chi connectivity index (χ2v) is 9.15. The highest BCUT2D eigenvalue weighted by molar-refractivity contribution is 5.80. The molecule has 1 amide bonds. The number of aliphatic hydroxyl groups excluding tert-OH is 1. The Kier molecular flexibility index (Phi) is 5.74. The zero-order valence-electron chi connectivity index (χ0n) is 18.5. The van der Waals surface area contributed by atoms with Crippen LogP contribution in [-0.4, -0.2) is 39.7 Å². The number of pyridine rings is 1. The average molecular weight is 434 g/mol. The van der Waals surface area contributed by atoms with E-state index in [2.05, 4.69) is 28.4 Å². The molecular formula is C26H31N3O3. The summed E-state index contributed by atoms with van der Waals surface area (Å²) in [5, 5.41) is 13.3. The van der Waals surface area contributed by atoms with Gasteiger partial charge in [-0.2, -0.15) is 0 Å². The van der Waals surface area contributed by atoms with Gasteiger partial charge in [0, 0.05) is 49.5 Å². The third kappa shape index (κ3) is 3.42. The van der Waals surface area contributed by atoms with Crippen LogP contribution in [0.3, 0.4) is 0 Å². The van der Waals surface area contributed by atoms with Gasteiger partial charge in [0.05, 0.1) is 12.0 Å². The molecule has 3 heterocycles. The molecule has 0 saturated carbocycles. The van der Waals surface area contributed by atoms with E-state index < -0.39 is 5.92 Å². The van der Waals surface area contributed by atoms with Gasteiger partial charge in [-0.1, -0.05) is 36.4 Å². The third-order valence-corrected chi connectivity index (χ3v) is 7.42. The maximum atomic E-state index is 13.5. The Morgan fingerprint density at radius 2 is 2.00 bits per heavy atom. The summed E-state index contributed by atoms with van der Waals surface area (Å²) >= 11 is 0. The predicted octanol–water partition coefficient (Wildman–Crippen LogP) is 2.72. The molecule has 6 heteroatoms. The van der Waals surface area contributed by atoms with Gasteiger partial charge in [-0.3, -0.25) is 14.5 Å². The highest BCUT2D eigenvalue weighted by atomic mass is 16.3. The lowest BCUT2D eigenvalue weighted by Gasteiger charge is -2.38. The van der Waals surface area contributed by atoms with Crippen LogP contribution in [0.25, 0.3) is 5.57 Å². The average Bonchev–Trinajstić information content (AvgIpc) is 3.39. The zero-order chi connectivity index (χ0) is 22.2. The molecule has 1 aliphatic carbocycles. The Morgan fingerprint density at radius 1 is 1.19 bits per heavy atom. The molecule has 1 aromatic heterocycles. The number of carbonyl (C=O) groups excluding carboxylic acids is 1. The molecule has 2 aromatic rings. The summed E-state index contributed by atoms with van der Waals surface area (Å²) in [7, 11) is 0. The summed E-state index contributed by atoms with van der Waals surface area (Å²) in [6, 6.07) is 13.9. The van der Waals surface area contributed by atoms with Crippen LogP contribution in [0.1, 0.15) is 49.0 Å². The fraction of sp³-hybridized carbons (Fsp3) is 0.462. The molecule has 2 N–H and O–H groups in total. The number of aromatic nitrogens is 1. The van der Waals surface area contributed by atoms with Gasteiger partial charge < -0.3 is 15.0 Å². The summed E-state index contributed by atoms with van der Waals surface area (Å²) in [5.41, 5.74) is 4.02. The number of hydrogen-bond donors (Lipinski definition) is 2. The molecule has 2 bridgehead atoms. The topological polar surface area (TPSA) is 74.6 Å². The van der Waals surface area contributed by atoms with Crippen LogP contribution in [-0.2, 0) is 17.9 Å². The first-order valence-corrected chi connectivity index (χ1v) is 11.8. The van der Waals surface area contributed by atoms with Crippen molar-refractivity contribution >= 4 is 11.5 Å². The minimum atomic E-state index is -0.390. The molecule has 1 aromatic carbocycles. The lowest BCUT2D eigenvalue weighted by molar-refractivity contribution is -0.127. The van der Waals surface area contributed by atoms with Crippen LogP contribution in [0.15, 0.2) is 53.3 Å². The van der Waals surface area contributed by atoms with Crippen LogP contribution in [0.2, 0.25) is 0 Å². The summed E-state index contributed by atoms with van der Waals surface area (Å²) in [4.78, 5) is 29.0. The van der Waals surface area contributed by atoms with Gasteiger partial charge in [-0.05, 0) is 49.5 Å². The molecule has 1 fully saturated rings. The number of nitrogens with zero attached hydrogens (tertiary/aromatic N) is 2. The van der Waals surface area contributed by atoms with Crippen molar-refractivity contribution in [2.75, 3.05) is 13.2 Å². The number of benzene rings is 1. The van der Waals surface area contributed by atoms with Crippen molar-refractivity contribution in [1.29, 1.82) is 0 Å². The number of rotatable bonds is 6. The van der Waals surface area contributed by atoms with E-state index in [4.69, 9.17) is 0 Å². The summed E-state index contributed by atoms with van der Waals surface area (Å²) in [5.74, 6) is -0.650. The number of amides is 1. The minimum Gasteiger partial charge on any atom is -0.396 e. The number of hydrogen-bond acceptors (Lipinski definition) is 4. The van der Waals surface area contributed by atoms with Crippen LogP contribution in [0.5, 0.6) is 0 Å². The SMILES string of the molecule is CCNC(=O)[C@H]1[C@H](CO)[C@H]2Cn3c(ccc(C4=CCCC4)c3=O)[C@@H]1N2Cc1ccccc1. The molecule has 5 rings (SSSR count). The Bertz CT molecular complexity index is 1090. The quantitative estimate of drug-likeness (QED) is 0.735. The Morgan fingerprint density at radius 3 is 2.69 bits per heavy atom. The fourth-order valence-electron chi connectivity index (χ4n) is 5.99. The molecule has 0 radical (unpaired) electrons. The first kappa shape index (κ1) is 21.2.